The molecular formula is C9H15FNO. The molecule has 2 saturated heterocycles. The van der Waals surface area contributed by atoms with Crippen LogP contribution in [0.5, 0.6) is 0 Å². The summed E-state index contributed by atoms with van der Waals surface area (Å²) in [6.45, 7) is 3.23. The molecule has 0 saturated carbocycles. The number of piperidine rings is 1. The molecule has 12 heavy (non-hydrogen) atoms. The summed E-state index contributed by atoms with van der Waals surface area (Å²) in [6.07, 6.45) is 3.01. The predicted molar refractivity (Wildman–Crippen MR) is 44.6 cm³/mol. The van der Waals surface area contributed by atoms with Gasteiger partial charge in [0.05, 0.1) is 6.61 Å². The summed E-state index contributed by atoms with van der Waals surface area (Å²) in [7, 11) is 0. The third-order valence-corrected chi connectivity index (χ3v) is 2.67. The zero-order valence-corrected chi connectivity index (χ0v) is 7.21. The van der Waals surface area contributed by atoms with Crippen molar-refractivity contribution in [3.8, 4) is 0 Å². The van der Waals surface area contributed by atoms with Crippen molar-refractivity contribution in [3.63, 3.8) is 0 Å². The van der Waals surface area contributed by atoms with Gasteiger partial charge in [-0.15, -0.1) is 0 Å². The highest BCUT2D eigenvalue weighted by molar-refractivity contribution is 4.89. The molecule has 0 amide bonds. The number of nitrogens with zero attached hydrogens (tertiary/aromatic N) is 1. The zero-order valence-electron chi connectivity index (χ0n) is 7.21. The molecule has 0 spiro atoms. The van der Waals surface area contributed by atoms with Crippen LogP contribution >= 0.6 is 0 Å². The lowest BCUT2D eigenvalue weighted by Gasteiger charge is -2.32. The number of hydrogen-bond acceptors (Lipinski definition) is 2. The van der Waals surface area contributed by atoms with Crippen LogP contribution in [0, 0.1) is 6.42 Å². The van der Waals surface area contributed by atoms with E-state index in [0.717, 1.165) is 32.6 Å². The molecule has 0 N–H and O–H groups in total. The molecule has 2 nitrogen and oxygen atoms in total. The Hall–Kier alpha value is -0.150. The van der Waals surface area contributed by atoms with E-state index in [1.165, 1.54) is 0 Å². The van der Waals surface area contributed by atoms with Gasteiger partial charge in [-0.2, -0.15) is 0 Å². The van der Waals surface area contributed by atoms with Gasteiger partial charge in [0.25, 0.3) is 0 Å². The van der Waals surface area contributed by atoms with Gasteiger partial charge < -0.3 is 4.74 Å². The topological polar surface area (TPSA) is 12.5 Å². The lowest BCUT2D eigenvalue weighted by molar-refractivity contribution is 0.108. The van der Waals surface area contributed by atoms with E-state index in [-0.39, 0.29) is 0 Å². The summed E-state index contributed by atoms with van der Waals surface area (Å²) >= 11 is 0. The van der Waals surface area contributed by atoms with E-state index < -0.39 is 6.17 Å². The van der Waals surface area contributed by atoms with Crippen LogP contribution in [-0.4, -0.2) is 43.4 Å². The predicted octanol–water partition coefficient (Wildman–Crippen LogP) is 1.02. The van der Waals surface area contributed by atoms with Gasteiger partial charge in [0.2, 0.25) is 0 Å². The second kappa shape index (κ2) is 3.71. The third kappa shape index (κ3) is 1.77. The number of alkyl halides is 1. The number of halogens is 1. The number of likely N-dealkylation sites (tertiary alicyclic amines) is 1. The van der Waals surface area contributed by atoms with Crippen molar-refractivity contribution in [2.45, 2.75) is 25.1 Å². The summed E-state index contributed by atoms with van der Waals surface area (Å²) in [5, 5.41) is 0. The highest BCUT2D eigenvalue weighted by Gasteiger charge is 2.28. The zero-order chi connectivity index (χ0) is 8.39. The van der Waals surface area contributed by atoms with Crippen LogP contribution in [0.4, 0.5) is 4.39 Å². The van der Waals surface area contributed by atoms with E-state index in [1.807, 2.05) is 0 Å². The average molecular weight is 172 g/mol. The summed E-state index contributed by atoms with van der Waals surface area (Å²) in [5.74, 6) is 0. The van der Waals surface area contributed by atoms with Crippen LogP contribution in [0.15, 0.2) is 0 Å². The van der Waals surface area contributed by atoms with E-state index in [1.54, 1.807) is 6.42 Å². The van der Waals surface area contributed by atoms with Gasteiger partial charge in [-0.3, -0.25) is 4.90 Å². The molecular weight excluding hydrogens is 157 g/mol. The molecule has 69 valence electrons. The summed E-state index contributed by atoms with van der Waals surface area (Å²) in [6, 6.07) is 0.483. The molecule has 2 rings (SSSR count). The fraction of sp³-hybridized carbons (Fsp3) is 0.889. The Morgan fingerprint density at radius 3 is 3.08 bits per heavy atom. The van der Waals surface area contributed by atoms with Gasteiger partial charge in [-0.25, -0.2) is 4.39 Å². The number of rotatable bonds is 1. The molecule has 2 aliphatic heterocycles. The molecule has 2 atom stereocenters. The maximum absolute atomic E-state index is 12.9. The van der Waals surface area contributed by atoms with Gasteiger partial charge >= 0.3 is 0 Å². The molecule has 3 heteroatoms. The van der Waals surface area contributed by atoms with Gasteiger partial charge in [0, 0.05) is 19.2 Å². The van der Waals surface area contributed by atoms with E-state index in [4.69, 9.17) is 4.74 Å². The van der Waals surface area contributed by atoms with Crippen LogP contribution in [-0.2, 0) is 4.74 Å². The van der Waals surface area contributed by atoms with Crippen LogP contribution < -0.4 is 0 Å². The van der Waals surface area contributed by atoms with Crippen LogP contribution in [0.3, 0.4) is 0 Å². The smallest absolute Gasteiger partial charge is 0.116 e. The Kier molecular flexibility index (Phi) is 2.61. The molecule has 2 fully saturated rings. The Labute approximate surface area is 72.7 Å². The van der Waals surface area contributed by atoms with Gasteiger partial charge in [0.15, 0.2) is 0 Å². The Morgan fingerprint density at radius 2 is 2.42 bits per heavy atom. The molecule has 2 heterocycles. The molecule has 0 aromatic rings. The lowest BCUT2D eigenvalue weighted by Crippen LogP contribution is -2.43. The summed E-state index contributed by atoms with van der Waals surface area (Å²) < 4.78 is 18.2. The van der Waals surface area contributed by atoms with Crippen molar-refractivity contribution in [1.29, 1.82) is 0 Å². The van der Waals surface area contributed by atoms with Crippen molar-refractivity contribution in [2.24, 2.45) is 0 Å². The second-order valence-electron chi connectivity index (χ2n) is 3.55. The number of ether oxygens (including phenoxy) is 1. The lowest BCUT2D eigenvalue weighted by atomic mass is 10.1. The Balaban J connectivity index is 1.85. The molecule has 0 aliphatic carbocycles. The highest BCUT2D eigenvalue weighted by atomic mass is 19.1. The molecule has 0 bridgehead atoms. The van der Waals surface area contributed by atoms with Crippen LogP contribution in [0.2, 0.25) is 0 Å². The molecule has 1 radical (unpaired) electrons. The van der Waals surface area contributed by atoms with E-state index in [0.29, 0.717) is 12.6 Å². The molecule has 2 aliphatic rings. The van der Waals surface area contributed by atoms with Crippen LogP contribution in [0.25, 0.3) is 0 Å². The Bertz CT molecular complexity index is 147. The maximum atomic E-state index is 12.9. The van der Waals surface area contributed by atoms with Gasteiger partial charge in [0.1, 0.15) is 6.17 Å². The first-order valence-electron chi connectivity index (χ1n) is 4.65. The maximum Gasteiger partial charge on any atom is 0.116 e. The quantitative estimate of drug-likeness (QED) is 0.585. The van der Waals surface area contributed by atoms with Crippen molar-refractivity contribution >= 4 is 0 Å². The molecule has 0 unspecified atom stereocenters. The number of hydrogen-bond donors (Lipinski definition) is 0. The largest absolute Gasteiger partial charge is 0.380 e. The van der Waals surface area contributed by atoms with Gasteiger partial charge in [-0.1, -0.05) is 0 Å². The SMILES string of the molecule is F[C@@H]1[CH]CCN([C@@H]2CCOC2)C1. The van der Waals surface area contributed by atoms with E-state index in [2.05, 4.69) is 4.90 Å². The van der Waals surface area contributed by atoms with Gasteiger partial charge in [-0.05, 0) is 25.8 Å². The minimum atomic E-state index is -0.723. The minimum Gasteiger partial charge on any atom is -0.380 e. The van der Waals surface area contributed by atoms with E-state index in [9.17, 15) is 4.39 Å². The van der Waals surface area contributed by atoms with Crippen molar-refractivity contribution in [3.05, 3.63) is 6.42 Å². The fourth-order valence-electron chi connectivity index (χ4n) is 1.95. The fourth-order valence-corrected chi connectivity index (χ4v) is 1.95. The molecule has 0 aromatic carbocycles. The first-order valence-corrected chi connectivity index (χ1v) is 4.65. The van der Waals surface area contributed by atoms with Crippen molar-refractivity contribution in [1.82, 2.24) is 4.90 Å². The molecule has 0 aromatic heterocycles. The third-order valence-electron chi connectivity index (χ3n) is 2.67. The first-order chi connectivity index (χ1) is 5.86. The standard InChI is InChI=1S/C9H15FNO/c10-8-2-1-4-11(6-8)9-3-5-12-7-9/h2,8-9H,1,3-7H2/t8-,9-/m1/s1. The normalized spacial score (nSPS) is 38.8. The minimum absolute atomic E-state index is 0.483. The Morgan fingerprint density at radius 1 is 1.50 bits per heavy atom. The second-order valence-corrected chi connectivity index (χ2v) is 3.55. The highest BCUT2D eigenvalue weighted by Crippen LogP contribution is 2.19. The monoisotopic (exact) mass is 172 g/mol. The van der Waals surface area contributed by atoms with Crippen molar-refractivity contribution < 1.29 is 9.13 Å². The van der Waals surface area contributed by atoms with Crippen molar-refractivity contribution in [2.75, 3.05) is 26.3 Å². The average Bonchev–Trinajstić information content (AvgIpc) is 2.56. The summed E-state index contributed by atoms with van der Waals surface area (Å²) in [5.41, 5.74) is 0. The van der Waals surface area contributed by atoms with E-state index >= 15 is 0 Å². The van der Waals surface area contributed by atoms with Crippen LogP contribution in [0.1, 0.15) is 12.8 Å². The first kappa shape index (κ1) is 8.45. The summed E-state index contributed by atoms with van der Waals surface area (Å²) in [4.78, 5) is 2.22.